The van der Waals surface area contributed by atoms with Crippen molar-refractivity contribution in [3.63, 3.8) is 0 Å². The molecule has 0 fully saturated rings. The van der Waals surface area contributed by atoms with Gasteiger partial charge < -0.3 is 0 Å². The third-order valence-electron chi connectivity index (χ3n) is 9.32. The molecule has 0 aliphatic rings. The molecule has 0 spiro atoms. The lowest BCUT2D eigenvalue weighted by molar-refractivity contribution is 0.356. The van der Waals surface area contributed by atoms with Gasteiger partial charge in [0.1, 0.15) is 0 Å². The average molecular weight is 587 g/mol. The number of unbranched alkanes of at least 4 members (excludes halogenated alkanes) is 32. The van der Waals surface area contributed by atoms with Gasteiger partial charge in [-0.1, -0.05) is 245 Å². The molecule has 0 saturated heterocycles. The molecule has 0 aliphatic heterocycles. The van der Waals surface area contributed by atoms with E-state index < -0.39 is 0 Å². The standard InChI is InChI=1S/C42H82/c1-5-6-7-8-9-10-11-12-13-14-15-16-17-18-19-20-21-22-23-24-25-26-27-28-29-30-31-32-33-34-35-36-37-38-39-40-41-42(2,3)4/h5-7H,1,8-41H2,2-4H3. The van der Waals surface area contributed by atoms with Gasteiger partial charge in [0.25, 0.3) is 0 Å². The van der Waals surface area contributed by atoms with Gasteiger partial charge in [-0.15, -0.1) is 0 Å². The Hall–Kier alpha value is -0.520. The summed E-state index contributed by atoms with van der Waals surface area (Å²) in [7, 11) is 0. The van der Waals surface area contributed by atoms with E-state index in [0.29, 0.717) is 5.41 Å². The molecular weight excluding hydrogens is 504 g/mol. The SMILES string of the molecule is C=CC=CCCCCCCCCCCCCCCCCCCCCCCCCCCCCCCCCCCC(C)(C)C. The average Bonchev–Trinajstić information content (AvgIpc) is 2.96. The fraction of sp³-hybridized carbons (Fsp3) is 0.905. The van der Waals surface area contributed by atoms with Crippen molar-refractivity contribution >= 4 is 0 Å². The lowest BCUT2D eigenvalue weighted by Crippen LogP contribution is -2.03. The van der Waals surface area contributed by atoms with E-state index in [1.54, 1.807) is 0 Å². The normalized spacial score (nSPS) is 12.1. The molecule has 0 aromatic carbocycles. The van der Waals surface area contributed by atoms with Gasteiger partial charge in [0.05, 0.1) is 0 Å². The number of allylic oxidation sites excluding steroid dienone is 3. The van der Waals surface area contributed by atoms with E-state index in [-0.39, 0.29) is 0 Å². The second-order valence-corrected chi connectivity index (χ2v) is 15.1. The highest BCUT2D eigenvalue weighted by Crippen LogP contribution is 2.23. The van der Waals surface area contributed by atoms with E-state index in [9.17, 15) is 0 Å². The van der Waals surface area contributed by atoms with E-state index in [1.165, 1.54) is 218 Å². The first-order valence-electron chi connectivity index (χ1n) is 19.8. The Kier molecular flexibility index (Phi) is 34.5. The van der Waals surface area contributed by atoms with Crippen molar-refractivity contribution in [2.45, 2.75) is 239 Å². The van der Waals surface area contributed by atoms with Crippen LogP contribution in [0, 0.1) is 5.41 Å². The van der Waals surface area contributed by atoms with E-state index in [4.69, 9.17) is 0 Å². The van der Waals surface area contributed by atoms with Gasteiger partial charge in [-0.25, -0.2) is 0 Å². The highest BCUT2D eigenvalue weighted by atomic mass is 14.1. The molecule has 0 aromatic rings. The Morgan fingerprint density at radius 3 is 0.762 bits per heavy atom. The maximum Gasteiger partial charge on any atom is -0.0348 e. The molecule has 0 aromatic heterocycles. The third-order valence-corrected chi connectivity index (χ3v) is 9.32. The maximum atomic E-state index is 3.72. The van der Waals surface area contributed by atoms with E-state index in [1.807, 2.05) is 6.08 Å². The minimum Gasteiger partial charge on any atom is -0.0991 e. The van der Waals surface area contributed by atoms with Crippen LogP contribution in [-0.4, -0.2) is 0 Å². The fourth-order valence-electron chi connectivity index (χ4n) is 6.41. The largest absolute Gasteiger partial charge is 0.0991 e. The zero-order chi connectivity index (χ0) is 30.7. The summed E-state index contributed by atoms with van der Waals surface area (Å²) >= 11 is 0. The van der Waals surface area contributed by atoms with Crippen LogP contribution in [0.4, 0.5) is 0 Å². The molecule has 0 saturated carbocycles. The Bertz CT molecular complexity index is 521. The molecule has 0 aliphatic carbocycles. The van der Waals surface area contributed by atoms with Crippen molar-refractivity contribution in [1.29, 1.82) is 0 Å². The molecule has 0 amide bonds. The van der Waals surface area contributed by atoms with Crippen LogP contribution in [0.1, 0.15) is 239 Å². The van der Waals surface area contributed by atoms with Crippen LogP contribution in [0.25, 0.3) is 0 Å². The Morgan fingerprint density at radius 2 is 0.548 bits per heavy atom. The summed E-state index contributed by atoms with van der Waals surface area (Å²) in [5.74, 6) is 0. The van der Waals surface area contributed by atoms with Crippen LogP contribution in [0.3, 0.4) is 0 Å². The third kappa shape index (κ3) is 39.5. The lowest BCUT2D eigenvalue weighted by atomic mass is 9.89. The molecule has 250 valence electrons. The van der Waals surface area contributed by atoms with Gasteiger partial charge in [-0.3, -0.25) is 0 Å². The van der Waals surface area contributed by atoms with Crippen LogP contribution in [0.2, 0.25) is 0 Å². The van der Waals surface area contributed by atoms with Gasteiger partial charge >= 0.3 is 0 Å². The number of rotatable bonds is 35. The molecule has 0 rings (SSSR count). The van der Waals surface area contributed by atoms with Crippen molar-refractivity contribution in [2.75, 3.05) is 0 Å². The Morgan fingerprint density at radius 1 is 0.333 bits per heavy atom. The zero-order valence-corrected chi connectivity index (χ0v) is 30.0. The predicted molar refractivity (Wildman–Crippen MR) is 196 cm³/mol. The highest BCUT2D eigenvalue weighted by molar-refractivity contribution is 4.96. The van der Waals surface area contributed by atoms with Gasteiger partial charge in [-0.2, -0.15) is 0 Å². The Balaban J connectivity index is 3.06. The van der Waals surface area contributed by atoms with Gasteiger partial charge in [0.2, 0.25) is 0 Å². The van der Waals surface area contributed by atoms with Crippen molar-refractivity contribution < 1.29 is 0 Å². The molecule has 0 N–H and O–H groups in total. The molecule has 0 unspecified atom stereocenters. The molecule has 0 atom stereocenters. The smallest absolute Gasteiger partial charge is 0.0348 e. The van der Waals surface area contributed by atoms with E-state index in [0.717, 1.165) is 0 Å². The Labute approximate surface area is 268 Å². The van der Waals surface area contributed by atoms with Gasteiger partial charge in [0.15, 0.2) is 0 Å². The second-order valence-electron chi connectivity index (χ2n) is 15.1. The van der Waals surface area contributed by atoms with E-state index in [2.05, 4.69) is 39.5 Å². The number of hydrogen-bond donors (Lipinski definition) is 0. The first-order valence-corrected chi connectivity index (χ1v) is 19.8. The van der Waals surface area contributed by atoms with E-state index >= 15 is 0 Å². The van der Waals surface area contributed by atoms with Crippen LogP contribution in [-0.2, 0) is 0 Å². The van der Waals surface area contributed by atoms with Gasteiger partial charge in [0, 0.05) is 0 Å². The summed E-state index contributed by atoms with van der Waals surface area (Å²) in [6.45, 7) is 10.8. The summed E-state index contributed by atoms with van der Waals surface area (Å²) < 4.78 is 0. The second kappa shape index (κ2) is 35.0. The summed E-state index contributed by atoms with van der Waals surface area (Å²) in [5, 5.41) is 0. The molecule has 0 bridgehead atoms. The van der Waals surface area contributed by atoms with Crippen molar-refractivity contribution in [3.8, 4) is 0 Å². The quantitative estimate of drug-likeness (QED) is 0.0512. The molecule has 42 heavy (non-hydrogen) atoms. The fourth-order valence-corrected chi connectivity index (χ4v) is 6.41. The topological polar surface area (TPSA) is 0 Å². The molecule has 0 heterocycles. The van der Waals surface area contributed by atoms with Crippen molar-refractivity contribution in [2.24, 2.45) is 5.41 Å². The zero-order valence-electron chi connectivity index (χ0n) is 30.0. The molecule has 0 radical (unpaired) electrons. The van der Waals surface area contributed by atoms with Crippen LogP contribution < -0.4 is 0 Å². The summed E-state index contributed by atoms with van der Waals surface area (Å²) in [4.78, 5) is 0. The van der Waals surface area contributed by atoms with Crippen molar-refractivity contribution in [1.82, 2.24) is 0 Å². The monoisotopic (exact) mass is 587 g/mol. The van der Waals surface area contributed by atoms with Crippen molar-refractivity contribution in [3.05, 3.63) is 24.8 Å². The minimum absolute atomic E-state index is 0.531. The lowest BCUT2D eigenvalue weighted by Gasteiger charge is -2.17. The van der Waals surface area contributed by atoms with Crippen LogP contribution in [0.15, 0.2) is 24.8 Å². The number of hydrogen-bond acceptors (Lipinski definition) is 0. The summed E-state index contributed by atoms with van der Waals surface area (Å²) in [5.41, 5.74) is 0.531. The predicted octanol–water partition coefficient (Wildman–Crippen LogP) is 16.0. The molecule has 0 nitrogen and oxygen atoms in total. The highest BCUT2D eigenvalue weighted by Gasteiger charge is 2.08. The first-order chi connectivity index (χ1) is 20.6. The van der Waals surface area contributed by atoms with Gasteiger partial charge in [-0.05, 0) is 24.7 Å². The molecule has 0 heteroatoms. The maximum absolute atomic E-state index is 3.72. The molecular formula is C42H82. The first kappa shape index (κ1) is 41.5. The van der Waals surface area contributed by atoms with Crippen LogP contribution in [0.5, 0.6) is 0 Å². The van der Waals surface area contributed by atoms with Crippen LogP contribution >= 0.6 is 0 Å². The summed E-state index contributed by atoms with van der Waals surface area (Å²) in [6.07, 6.45) is 55.9. The summed E-state index contributed by atoms with van der Waals surface area (Å²) in [6, 6.07) is 0. The minimum atomic E-state index is 0.531.